The zero-order chi connectivity index (χ0) is 13.2. The lowest BCUT2D eigenvalue weighted by Gasteiger charge is -2.17. The second-order valence-electron chi connectivity index (χ2n) is 4.43. The van der Waals surface area contributed by atoms with Gasteiger partial charge in [0.1, 0.15) is 5.60 Å². The van der Waals surface area contributed by atoms with E-state index < -0.39 is 5.60 Å². The Labute approximate surface area is 106 Å². The smallest absolute Gasteiger partial charge is 0.260 e. The van der Waals surface area contributed by atoms with Gasteiger partial charge in [0.25, 0.3) is 5.89 Å². The van der Waals surface area contributed by atoms with E-state index in [1.165, 1.54) is 0 Å². The molecule has 0 bridgehead atoms. The second-order valence-corrected chi connectivity index (χ2v) is 4.43. The monoisotopic (exact) mass is 247 g/mol. The first-order valence-corrected chi connectivity index (χ1v) is 5.75. The molecule has 1 heterocycles. The van der Waals surface area contributed by atoms with E-state index in [0.717, 1.165) is 11.3 Å². The maximum Gasteiger partial charge on any atom is 0.260 e. The van der Waals surface area contributed by atoms with Crippen LogP contribution >= 0.6 is 0 Å². The number of aromatic nitrogens is 2. The molecule has 0 saturated carbocycles. The zero-order valence-corrected chi connectivity index (χ0v) is 11.0. The summed E-state index contributed by atoms with van der Waals surface area (Å²) >= 11 is 0. The van der Waals surface area contributed by atoms with Gasteiger partial charge in [-0.1, -0.05) is 17.3 Å². The number of para-hydroxylation sites is 1. The van der Waals surface area contributed by atoms with Crippen LogP contribution in [0.5, 0.6) is 0 Å². The molecule has 1 aromatic carbocycles. The van der Waals surface area contributed by atoms with Gasteiger partial charge >= 0.3 is 0 Å². The molecule has 0 unspecified atom stereocenters. The SMILES string of the molecule is CNc1ccccc1-c1nc(C(C)(C)OC)no1. The lowest BCUT2D eigenvalue weighted by atomic mass is 10.1. The summed E-state index contributed by atoms with van der Waals surface area (Å²) in [5.41, 5.74) is 1.27. The highest BCUT2D eigenvalue weighted by Gasteiger charge is 2.26. The van der Waals surface area contributed by atoms with Crippen molar-refractivity contribution in [3.63, 3.8) is 0 Å². The molecule has 2 aromatic rings. The molecule has 5 heteroatoms. The molecule has 0 atom stereocenters. The maximum absolute atomic E-state index is 5.33. The molecule has 0 saturated heterocycles. The molecule has 0 radical (unpaired) electrons. The Kier molecular flexibility index (Phi) is 3.34. The molecule has 0 aliphatic rings. The lowest BCUT2D eigenvalue weighted by molar-refractivity contribution is 0.00973. The van der Waals surface area contributed by atoms with Crippen molar-refractivity contribution in [3.05, 3.63) is 30.1 Å². The number of methoxy groups -OCH3 is 1. The van der Waals surface area contributed by atoms with Gasteiger partial charge in [-0.3, -0.25) is 0 Å². The Balaban J connectivity index is 2.41. The summed E-state index contributed by atoms with van der Waals surface area (Å²) in [6.07, 6.45) is 0. The van der Waals surface area contributed by atoms with Crippen molar-refractivity contribution in [1.29, 1.82) is 0 Å². The van der Waals surface area contributed by atoms with Crippen molar-refractivity contribution in [2.45, 2.75) is 19.4 Å². The molecule has 0 amide bonds. The van der Waals surface area contributed by atoms with Crippen molar-refractivity contribution >= 4 is 5.69 Å². The fourth-order valence-electron chi connectivity index (χ4n) is 1.56. The Hall–Kier alpha value is -1.88. The molecule has 18 heavy (non-hydrogen) atoms. The molecule has 0 aliphatic heterocycles. The van der Waals surface area contributed by atoms with Gasteiger partial charge in [-0.05, 0) is 26.0 Å². The molecule has 2 rings (SSSR count). The van der Waals surface area contributed by atoms with E-state index in [0.29, 0.717) is 11.7 Å². The van der Waals surface area contributed by atoms with E-state index in [1.807, 2.05) is 45.2 Å². The first-order valence-electron chi connectivity index (χ1n) is 5.75. The van der Waals surface area contributed by atoms with Crippen molar-refractivity contribution in [2.24, 2.45) is 0 Å². The number of benzene rings is 1. The van der Waals surface area contributed by atoms with Crippen LogP contribution in [0.25, 0.3) is 11.5 Å². The van der Waals surface area contributed by atoms with E-state index in [-0.39, 0.29) is 0 Å². The molecular weight excluding hydrogens is 230 g/mol. The standard InChI is InChI=1S/C13H17N3O2/c1-13(2,17-4)12-15-11(18-16-12)9-7-5-6-8-10(9)14-3/h5-8,14H,1-4H3. The van der Waals surface area contributed by atoms with E-state index >= 15 is 0 Å². The van der Waals surface area contributed by atoms with Crippen molar-refractivity contribution in [3.8, 4) is 11.5 Å². The third-order valence-electron chi connectivity index (χ3n) is 2.90. The summed E-state index contributed by atoms with van der Waals surface area (Å²) in [7, 11) is 3.48. The first-order chi connectivity index (χ1) is 8.58. The van der Waals surface area contributed by atoms with Gasteiger partial charge in [-0.15, -0.1) is 0 Å². The second kappa shape index (κ2) is 4.78. The van der Waals surface area contributed by atoms with E-state index in [4.69, 9.17) is 9.26 Å². The maximum atomic E-state index is 5.33. The van der Waals surface area contributed by atoms with Crippen LogP contribution in [-0.4, -0.2) is 24.3 Å². The summed E-state index contributed by atoms with van der Waals surface area (Å²) < 4.78 is 10.6. The molecular formula is C13H17N3O2. The van der Waals surface area contributed by atoms with Crippen molar-refractivity contribution in [1.82, 2.24) is 10.1 Å². The van der Waals surface area contributed by atoms with Gasteiger partial charge in [0, 0.05) is 19.8 Å². The molecule has 96 valence electrons. The van der Waals surface area contributed by atoms with Gasteiger partial charge in [0.15, 0.2) is 0 Å². The van der Waals surface area contributed by atoms with Crippen LogP contribution in [0.4, 0.5) is 5.69 Å². The van der Waals surface area contributed by atoms with Crippen LogP contribution in [0.15, 0.2) is 28.8 Å². The third-order valence-corrected chi connectivity index (χ3v) is 2.90. The van der Waals surface area contributed by atoms with Gasteiger partial charge < -0.3 is 14.6 Å². The number of nitrogens with one attached hydrogen (secondary N) is 1. The number of hydrogen-bond acceptors (Lipinski definition) is 5. The predicted octanol–water partition coefficient (Wildman–Crippen LogP) is 2.66. The third kappa shape index (κ3) is 2.22. The average Bonchev–Trinajstić information content (AvgIpc) is 2.89. The minimum absolute atomic E-state index is 0.486. The Morgan fingerprint density at radius 1 is 1.28 bits per heavy atom. The minimum Gasteiger partial charge on any atom is -0.387 e. The molecule has 0 aliphatic carbocycles. The van der Waals surface area contributed by atoms with Crippen LogP contribution in [-0.2, 0) is 10.3 Å². The summed E-state index contributed by atoms with van der Waals surface area (Å²) in [6, 6.07) is 7.77. The van der Waals surface area contributed by atoms with Gasteiger partial charge in [0.2, 0.25) is 5.82 Å². The summed E-state index contributed by atoms with van der Waals surface area (Å²) in [5.74, 6) is 1.02. The lowest BCUT2D eigenvalue weighted by Crippen LogP contribution is -2.21. The number of nitrogens with zero attached hydrogens (tertiary/aromatic N) is 2. The van der Waals surface area contributed by atoms with E-state index in [9.17, 15) is 0 Å². The highest BCUT2D eigenvalue weighted by Crippen LogP contribution is 2.28. The minimum atomic E-state index is -0.559. The number of rotatable bonds is 4. The fourth-order valence-corrected chi connectivity index (χ4v) is 1.56. The van der Waals surface area contributed by atoms with Gasteiger partial charge in [-0.25, -0.2) is 0 Å². The summed E-state index contributed by atoms with van der Waals surface area (Å²) in [5, 5.41) is 7.07. The molecule has 1 N–H and O–H groups in total. The molecule has 0 fully saturated rings. The van der Waals surface area contributed by atoms with Crippen molar-refractivity contribution in [2.75, 3.05) is 19.5 Å². The molecule has 5 nitrogen and oxygen atoms in total. The van der Waals surface area contributed by atoms with Crippen LogP contribution in [0, 0.1) is 0 Å². The first kappa shape index (κ1) is 12.6. The summed E-state index contributed by atoms with van der Waals surface area (Å²) in [4.78, 5) is 4.39. The largest absolute Gasteiger partial charge is 0.387 e. The average molecular weight is 247 g/mol. The molecule has 1 aromatic heterocycles. The highest BCUT2D eigenvalue weighted by atomic mass is 16.5. The Morgan fingerprint density at radius 3 is 2.67 bits per heavy atom. The summed E-state index contributed by atoms with van der Waals surface area (Å²) in [6.45, 7) is 3.79. The number of anilines is 1. The van der Waals surface area contributed by atoms with Crippen LogP contribution in [0.2, 0.25) is 0 Å². The normalized spacial score (nSPS) is 11.6. The van der Waals surface area contributed by atoms with Gasteiger partial charge in [-0.2, -0.15) is 4.98 Å². The molecule has 0 spiro atoms. The van der Waals surface area contributed by atoms with Crippen LogP contribution < -0.4 is 5.32 Å². The number of ether oxygens (including phenoxy) is 1. The predicted molar refractivity (Wildman–Crippen MR) is 69.3 cm³/mol. The zero-order valence-electron chi connectivity index (χ0n) is 11.0. The van der Waals surface area contributed by atoms with E-state index in [1.54, 1.807) is 7.11 Å². The van der Waals surface area contributed by atoms with Crippen molar-refractivity contribution < 1.29 is 9.26 Å². The Morgan fingerprint density at radius 2 is 2.00 bits per heavy atom. The Bertz CT molecular complexity index is 535. The fraction of sp³-hybridized carbons (Fsp3) is 0.385. The van der Waals surface area contributed by atoms with Crippen LogP contribution in [0.1, 0.15) is 19.7 Å². The van der Waals surface area contributed by atoms with E-state index in [2.05, 4.69) is 15.5 Å². The number of hydrogen-bond donors (Lipinski definition) is 1. The topological polar surface area (TPSA) is 60.2 Å². The highest BCUT2D eigenvalue weighted by molar-refractivity contribution is 5.72. The quantitative estimate of drug-likeness (QED) is 0.900. The van der Waals surface area contributed by atoms with Crippen LogP contribution in [0.3, 0.4) is 0 Å². The van der Waals surface area contributed by atoms with Gasteiger partial charge in [0.05, 0.1) is 5.56 Å².